The number of aromatic nitrogens is 2. The molecule has 14 heavy (non-hydrogen) atoms. The van der Waals surface area contributed by atoms with Crippen molar-refractivity contribution in [3.05, 3.63) is 11.9 Å². The van der Waals surface area contributed by atoms with Crippen LogP contribution in [0.4, 0.5) is 11.6 Å². The van der Waals surface area contributed by atoms with Gasteiger partial charge in [0.2, 0.25) is 0 Å². The van der Waals surface area contributed by atoms with Crippen molar-refractivity contribution in [1.82, 2.24) is 9.97 Å². The van der Waals surface area contributed by atoms with Crippen molar-refractivity contribution in [2.45, 2.75) is 39.7 Å². The first kappa shape index (κ1) is 10.8. The molecule has 0 aliphatic heterocycles. The fourth-order valence-electron chi connectivity index (χ4n) is 1.24. The van der Waals surface area contributed by atoms with Crippen molar-refractivity contribution in [3.63, 3.8) is 0 Å². The largest absolute Gasteiger partial charge is 0.383 e. The van der Waals surface area contributed by atoms with Crippen LogP contribution in [0.5, 0.6) is 0 Å². The van der Waals surface area contributed by atoms with Gasteiger partial charge in [0.25, 0.3) is 0 Å². The second-order valence-corrected chi connectivity index (χ2v) is 4.31. The lowest BCUT2D eigenvalue weighted by molar-refractivity contribution is 0.628. The van der Waals surface area contributed by atoms with Crippen LogP contribution in [-0.4, -0.2) is 15.5 Å². The predicted octanol–water partition coefficient (Wildman–Crippen LogP) is 1.83. The SMILES string of the molecule is CCc1c(N)ncnc1NC(C)(C)C. The first-order valence-corrected chi connectivity index (χ1v) is 4.81. The minimum Gasteiger partial charge on any atom is -0.383 e. The lowest BCUT2D eigenvalue weighted by Gasteiger charge is -2.23. The number of hydrogen-bond acceptors (Lipinski definition) is 4. The molecule has 78 valence electrons. The van der Waals surface area contributed by atoms with Crippen LogP contribution in [0.25, 0.3) is 0 Å². The highest BCUT2D eigenvalue weighted by Gasteiger charge is 2.14. The maximum Gasteiger partial charge on any atom is 0.135 e. The third-order valence-corrected chi connectivity index (χ3v) is 1.83. The highest BCUT2D eigenvalue weighted by molar-refractivity contribution is 5.55. The van der Waals surface area contributed by atoms with E-state index < -0.39 is 0 Å². The van der Waals surface area contributed by atoms with E-state index in [1.54, 1.807) is 0 Å². The van der Waals surface area contributed by atoms with Gasteiger partial charge in [-0.3, -0.25) is 0 Å². The zero-order valence-electron chi connectivity index (χ0n) is 9.26. The van der Waals surface area contributed by atoms with Gasteiger partial charge in [0.15, 0.2) is 0 Å². The average Bonchev–Trinajstić information content (AvgIpc) is 2.01. The number of rotatable bonds is 2. The number of anilines is 2. The van der Waals surface area contributed by atoms with Gasteiger partial charge in [-0.15, -0.1) is 0 Å². The van der Waals surface area contributed by atoms with Crippen LogP contribution in [0.15, 0.2) is 6.33 Å². The van der Waals surface area contributed by atoms with Gasteiger partial charge in [0.05, 0.1) is 0 Å². The Kier molecular flexibility index (Phi) is 2.93. The van der Waals surface area contributed by atoms with Crippen molar-refractivity contribution in [2.75, 3.05) is 11.1 Å². The van der Waals surface area contributed by atoms with Crippen LogP contribution in [0.1, 0.15) is 33.3 Å². The van der Waals surface area contributed by atoms with E-state index in [2.05, 4.69) is 36.1 Å². The molecule has 3 N–H and O–H groups in total. The molecule has 0 amide bonds. The van der Waals surface area contributed by atoms with Gasteiger partial charge in [0, 0.05) is 11.1 Å². The van der Waals surface area contributed by atoms with Crippen molar-refractivity contribution in [2.24, 2.45) is 0 Å². The molecule has 0 aliphatic rings. The lowest BCUT2D eigenvalue weighted by Crippen LogP contribution is -2.27. The molecule has 0 aliphatic carbocycles. The third-order valence-electron chi connectivity index (χ3n) is 1.83. The van der Waals surface area contributed by atoms with Crippen LogP contribution in [-0.2, 0) is 6.42 Å². The summed E-state index contributed by atoms with van der Waals surface area (Å²) in [6, 6.07) is 0. The van der Waals surface area contributed by atoms with Gasteiger partial charge in [-0.2, -0.15) is 0 Å². The Morgan fingerprint density at radius 1 is 1.36 bits per heavy atom. The van der Waals surface area contributed by atoms with E-state index in [1.807, 2.05) is 6.92 Å². The summed E-state index contributed by atoms with van der Waals surface area (Å²) in [7, 11) is 0. The quantitative estimate of drug-likeness (QED) is 0.754. The van der Waals surface area contributed by atoms with E-state index in [0.717, 1.165) is 17.8 Å². The van der Waals surface area contributed by atoms with E-state index in [4.69, 9.17) is 5.73 Å². The lowest BCUT2D eigenvalue weighted by atomic mass is 10.1. The van der Waals surface area contributed by atoms with Crippen LogP contribution in [0, 0.1) is 0 Å². The molecule has 0 spiro atoms. The average molecular weight is 194 g/mol. The summed E-state index contributed by atoms with van der Waals surface area (Å²) in [6.07, 6.45) is 2.33. The van der Waals surface area contributed by atoms with Gasteiger partial charge in [-0.25, -0.2) is 9.97 Å². The molecule has 1 aromatic heterocycles. The molecular weight excluding hydrogens is 176 g/mol. The van der Waals surface area contributed by atoms with E-state index in [-0.39, 0.29) is 5.54 Å². The maximum absolute atomic E-state index is 5.76. The molecule has 1 heterocycles. The molecule has 0 fully saturated rings. The van der Waals surface area contributed by atoms with Crippen LogP contribution in [0.3, 0.4) is 0 Å². The Bertz CT molecular complexity index is 314. The van der Waals surface area contributed by atoms with Crippen molar-refractivity contribution in [1.29, 1.82) is 0 Å². The fraction of sp³-hybridized carbons (Fsp3) is 0.600. The van der Waals surface area contributed by atoms with E-state index >= 15 is 0 Å². The molecule has 0 saturated heterocycles. The molecule has 0 saturated carbocycles. The monoisotopic (exact) mass is 194 g/mol. The molecule has 4 heteroatoms. The third kappa shape index (κ3) is 2.58. The van der Waals surface area contributed by atoms with Gasteiger partial charge in [-0.1, -0.05) is 6.92 Å². The van der Waals surface area contributed by atoms with E-state index in [9.17, 15) is 0 Å². The summed E-state index contributed by atoms with van der Waals surface area (Å²) in [5.41, 5.74) is 6.74. The van der Waals surface area contributed by atoms with Crippen molar-refractivity contribution >= 4 is 11.6 Å². The number of nitrogens with one attached hydrogen (secondary N) is 1. The highest BCUT2D eigenvalue weighted by Crippen LogP contribution is 2.20. The molecule has 1 rings (SSSR count). The number of hydrogen-bond donors (Lipinski definition) is 2. The zero-order valence-corrected chi connectivity index (χ0v) is 9.26. The standard InChI is InChI=1S/C10H18N4/c1-5-7-8(11)12-6-13-9(7)14-10(2,3)4/h6H,5H2,1-4H3,(H3,11,12,13,14). The smallest absolute Gasteiger partial charge is 0.135 e. The summed E-state index contributed by atoms with van der Waals surface area (Å²) in [5, 5.41) is 3.31. The summed E-state index contributed by atoms with van der Waals surface area (Å²) < 4.78 is 0. The summed E-state index contributed by atoms with van der Waals surface area (Å²) in [5.74, 6) is 1.40. The van der Waals surface area contributed by atoms with E-state index in [1.165, 1.54) is 6.33 Å². The number of nitrogens with two attached hydrogens (primary N) is 1. The molecular formula is C10H18N4. The second kappa shape index (κ2) is 3.82. The van der Waals surface area contributed by atoms with Gasteiger partial charge in [0.1, 0.15) is 18.0 Å². The number of nitrogens with zero attached hydrogens (tertiary/aromatic N) is 2. The van der Waals surface area contributed by atoms with E-state index in [0.29, 0.717) is 5.82 Å². The van der Waals surface area contributed by atoms with Crippen molar-refractivity contribution < 1.29 is 0 Å². The van der Waals surface area contributed by atoms with Gasteiger partial charge >= 0.3 is 0 Å². The molecule has 0 bridgehead atoms. The van der Waals surface area contributed by atoms with Gasteiger partial charge in [-0.05, 0) is 27.2 Å². The Hall–Kier alpha value is -1.32. The van der Waals surface area contributed by atoms with Crippen LogP contribution < -0.4 is 11.1 Å². The molecule has 1 aromatic rings. The maximum atomic E-state index is 5.76. The molecule has 0 unspecified atom stereocenters. The Balaban J connectivity index is 3.02. The Labute approximate surface area is 85.0 Å². The number of nitrogen functional groups attached to an aromatic ring is 1. The minimum absolute atomic E-state index is 0.00921. The van der Waals surface area contributed by atoms with Gasteiger partial charge < -0.3 is 11.1 Å². The normalized spacial score (nSPS) is 11.4. The van der Waals surface area contributed by atoms with Crippen LogP contribution in [0.2, 0.25) is 0 Å². The molecule has 4 nitrogen and oxygen atoms in total. The summed E-state index contributed by atoms with van der Waals surface area (Å²) >= 11 is 0. The topological polar surface area (TPSA) is 63.8 Å². The first-order chi connectivity index (χ1) is 6.44. The first-order valence-electron chi connectivity index (χ1n) is 4.81. The van der Waals surface area contributed by atoms with Crippen LogP contribution >= 0.6 is 0 Å². The zero-order chi connectivity index (χ0) is 10.8. The summed E-state index contributed by atoms with van der Waals surface area (Å²) in [4.78, 5) is 8.16. The second-order valence-electron chi connectivity index (χ2n) is 4.31. The van der Waals surface area contributed by atoms with Crippen molar-refractivity contribution in [3.8, 4) is 0 Å². The Morgan fingerprint density at radius 2 is 2.00 bits per heavy atom. The highest BCUT2D eigenvalue weighted by atomic mass is 15.1. The Morgan fingerprint density at radius 3 is 2.50 bits per heavy atom. The minimum atomic E-state index is -0.00921. The molecule has 0 aromatic carbocycles. The molecule has 0 radical (unpaired) electrons. The molecule has 0 atom stereocenters. The predicted molar refractivity (Wildman–Crippen MR) is 59.2 cm³/mol. The summed E-state index contributed by atoms with van der Waals surface area (Å²) in [6.45, 7) is 8.31. The fourth-order valence-corrected chi connectivity index (χ4v) is 1.24.